The Morgan fingerprint density at radius 1 is 1.21 bits per heavy atom. The molecule has 2 heterocycles. The fourth-order valence-electron chi connectivity index (χ4n) is 2.97. The molecule has 1 aromatic carbocycles. The van der Waals surface area contributed by atoms with Gasteiger partial charge in [0.25, 0.3) is 5.92 Å². The van der Waals surface area contributed by atoms with Crippen LogP contribution in [-0.4, -0.2) is 9.97 Å². The van der Waals surface area contributed by atoms with E-state index in [1.807, 2.05) is 17.5 Å². The van der Waals surface area contributed by atoms with Crippen LogP contribution in [0.25, 0.3) is 0 Å². The number of pyridine rings is 1. The lowest BCUT2D eigenvalue weighted by Crippen LogP contribution is -2.11. The standard InChI is InChI=1S/C26H24F2N2O2S/c1-5-22(25-29-14-15-33-25)18(4)23(6-2)31-17-19-8-11-21(12-9-19)32-24-13-10-20(16-30-24)26(27,28)7-3/h5,8-16,22H,1-2,4,7,17H2,3H3. The van der Waals surface area contributed by atoms with Crippen molar-refractivity contribution in [2.45, 2.75) is 31.8 Å². The van der Waals surface area contributed by atoms with Gasteiger partial charge < -0.3 is 9.47 Å². The van der Waals surface area contributed by atoms with E-state index in [0.29, 0.717) is 17.1 Å². The second kappa shape index (κ2) is 10.9. The van der Waals surface area contributed by atoms with Crippen molar-refractivity contribution >= 4 is 11.3 Å². The number of thiazole rings is 1. The number of benzene rings is 1. The third-order valence-electron chi connectivity index (χ3n) is 4.91. The van der Waals surface area contributed by atoms with Crippen molar-refractivity contribution in [2.75, 3.05) is 0 Å². The number of halogens is 2. The zero-order chi connectivity index (χ0) is 23.8. The highest BCUT2D eigenvalue weighted by Gasteiger charge is 2.29. The smallest absolute Gasteiger partial charge is 0.274 e. The van der Waals surface area contributed by atoms with Gasteiger partial charge in [-0.25, -0.2) is 18.7 Å². The Hall–Kier alpha value is -3.54. The second-order valence-electron chi connectivity index (χ2n) is 7.09. The van der Waals surface area contributed by atoms with E-state index in [4.69, 9.17) is 9.47 Å². The molecule has 0 saturated carbocycles. The predicted octanol–water partition coefficient (Wildman–Crippen LogP) is 7.54. The fourth-order valence-corrected chi connectivity index (χ4v) is 3.74. The van der Waals surface area contributed by atoms with Crippen molar-refractivity contribution in [3.63, 3.8) is 0 Å². The van der Waals surface area contributed by atoms with Gasteiger partial charge in [0.2, 0.25) is 5.88 Å². The average Bonchev–Trinajstić information content (AvgIpc) is 3.36. The van der Waals surface area contributed by atoms with Crippen molar-refractivity contribution in [3.8, 4) is 11.6 Å². The number of allylic oxidation sites excluding steroid dienone is 2. The van der Waals surface area contributed by atoms with E-state index in [1.54, 1.807) is 24.4 Å². The summed E-state index contributed by atoms with van der Waals surface area (Å²) in [4.78, 5) is 8.30. The summed E-state index contributed by atoms with van der Waals surface area (Å²) in [6.07, 6.45) is 4.35. The first kappa shape index (κ1) is 24.1. The monoisotopic (exact) mass is 466 g/mol. The predicted molar refractivity (Wildman–Crippen MR) is 127 cm³/mol. The molecule has 7 heteroatoms. The summed E-state index contributed by atoms with van der Waals surface area (Å²) in [5.74, 6) is -1.87. The SMILES string of the molecule is C=C=C(OCc1ccc(Oc2ccc(C(F)(F)CC)cn2)cc1)C(=C)C(C=C)c1nccs1. The lowest BCUT2D eigenvalue weighted by atomic mass is 10.00. The molecule has 0 aliphatic rings. The third kappa shape index (κ3) is 6.04. The molecule has 0 spiro atoms. The minimum absolute atomic E-state index is 0.133. The Morgan fingerprint density at radius 2 is 1.97 bits per heavy atom. The van der Waals surface area contributed by atoms with E-state index in [-0.39, 0.29) is 30.4 Å². The molecule has 3 rings (SSSR count). The van der Waals surface area contributed by atoms with E-state index in [0.717, 1.165) is 16.8 Å². The van der Waals surface area contributed by atoms with Crippen LogP contribution in [-0.2, 0) is 17.3 Å². The molecule has 0 radical (unpaired) electrons. The normalized spacial score (nSPS) is 11.8. The highest BCUT2D eigenvalue weighted by Crippen LogP contribution is 2.33. The van der Waals surface area contributed by atoms with E-state index < -0.39 is 5.92 Å². The van der Waals surface area contributed by atoms with Gasteiger partial charge in [-0.15, -0.1) is 17.9 Å². The molecular weight excluding hydrogens is 442 g/mol. The molecule has 170 valence electrons. The average molecular weight is 467 g/mol. The first-order valence-corrected chi connectivity index (χ1v) is 11.1. The number of hydrogen-bond donors (Lipinski definition) is 0. The van der Waals surface area contributed by atoms with Crippen LogP contribution in [0.2, 0.25) is 0 Å². The van der Waals surface area contributed by atoms with Crippen molar-refractivity contribution in [1.82, 2.24) is 9.97 Å². The second-order valence-corrected chi connectivity index (χ2v) is 8.02. The molecule has 2 aromatic heterocycles. The lowest BCUT2D eigenvalue weighted by Gasteiger charge is -2.16. The van der Waals surface area contributed by atoms with Gasteiger partial charge in [-0.2, -0.15) is 0 Å². The van der Waals surface area contributed by atoms with Gasteiger partial charge in [0.1, 0.15) is 17.4 Å². The summed E-state index contributed by atoms with van der Waals surface area (Å²) >= 11 is 1.52. The molecule has 1 unspecified atom stereocenters. The zero-order valence-electron chi connectivity index (χ0n) is 18.3. The maximum Gasteiger partial charge on any atom is 0.274 e. The van der Waals surface area contributed by atoms with Gasteiger partial charge >= 0.3 is 0 Å². The zero-order valence-corrected chi connectivity index (χ0v) is 19.1. The van der Waals surface area contributed by atoms with Crippen LogP contribution in [0.5, 0.6) is 11.6 Å². The molecule has 33 heavy (non-hydrogen) atoms. The van der Waals surface area contributed by atoms with Gasteiger partial charge in [-0.05, 0) is 23.8 Å². The summed E-state index contributed by atoms with van der Waals surface area (Å²) in [5.41, 5.74) is 4.23. The first-order chi connectivity index (χ1) is 15.9. The van der Waals surface area contributed by atoms with Gasteiger partial charge in [0.15, 0.2) is 5.76 Å². The Bertz CT molecular complexity index is 1130. The minimum atomic E-state index is -2.90. The number of alkyl halides is 2. The van der Waals surface area contributed by atoms with Gasteiger partial charge in [-0.1, -0.05) is 44.0 Å². The van der Waals surface area contributed by atoms with Crippen molar-refractivity contribution in [2.24, 2.45) is 0 Å². The molecule has 0 aliphatic heterocycles. The van der Waals surface area contributed by atoms with Crippen LogP contribution < -0.4 is 4.74 Å². The van der Waals surface area contributed by atoms with Gasteiger partial charge in [-0.3, -0.25) is 0 Å². The summed E-state index contributed by atoms with van der Waals surface area (Å²) in [7, 11) is 0. The van der Waals surface area contributed by atoms with Crippen LogP contribution in [0.4, 0.5) is 8.78 Å². The van der Waals surface area contributed by atoms with E-state index in [1.165, 1.54) is 30.4 Å². The van der Waals surface area contributed by atoms with E-state index in [2.05, 4.69) is 35.4 Å². The van der Waals surface area contributed by atoms with Crippen LogP contribution in [0, 0.1) is 0 Å². The van der Waals surface area contributed by atoms with Crippen LogP contribution in [0.15, 0.2) is 97.0 Å². The molecule has 0 N–H and O–H groups in total. The largest absolute Gasteiger partial charge is 0.481 e. The number of ether oxygens (including phenoxy) is 2. The number of aromatic nitrogens is 2. The first-order valence-electron chi connectivity index (χ1n) is 10.2. The van der Waals surface area contributed by atoms with Crippen LogP contribution in [0.3, 0.4) is 0 Å². The molecule has 0 amide bonds. The molecule has 0 fully saturated rings. The number of hydrogen-bond acceptors (Lipinski definition) is 5. The minimum Gasteiger partial charge on any atom is -0.481 e. The Morgan fingerprint density at radius 3 is 2.52 bits per heavy atom. The molecule has 0 aliphatic carbocycles. The summed E-state index contributed by atoms with van der Waals surface area (Å²) in [5, 5.41) is 2.76. The van der Waals surface area contributed by atoms with Crippen LogP contribution >= 0.6 is 11.3 Å². The number of rotatable bonds is 11. The van der Waals surface area contributed by atoms with Crippen molar-refractivity contribution in [1.29, 1.82) is 0 Å². The summed E-state index contributed by atoms with van der Waals surface area (Å²) in [6.45, 7) is 13.4. The maximum atomic E-state index is 13.7. The van der Waals surface area contributed by atoms with E-state index in [9.17, 15) is 8.78 Å². The molecule has 4 nitrogen and oxygen atoms in total. The molecule has 3 aromatic rings. The van der Waals surface area contributed by atoms with Gasteiger partial charge in [0.05, 0.1) is 5.92 Å². The van der Waals surface area contributed by atoms with Crippen molar-refractivity contribution in [3.05, 3.63) is 113 Å². The van der Waals surface area contributed by atoms with Gasteiger partial charge in [0, 0.05) is 41.4 Å². The highest BCUT2D eigenvalue weighted by atomic mass is 32.1. The van der Waals surface area contributed by atoms with Crippen LogP contribution in [0.1, 0.15) is 35.4 Å². The molecule has 1 atom stereocenters. The Balaban J connectivity index is 1.59. The van der Waals surface area contributed by atoms with Crippen molar-refractivity contribution < 1.29 is 18.3 Å². The lowest BCUT2D eigenvalue weighted by molar-refractivity contribution is -0.00866. The maximum absolute atomic E-state index is 13.7. The topological polar surface area (TPSA) is 44.2 Å². The molecule has 0 bridgehead atoms. The molecule has 0 saturated heterocycles. The Labute approximate surface area is 196 Å². The van der Waals surface area contributed by atoms with E-state index >= 15 is 0 Å². The highest BCUT2D eigenvalue weighted by molar-refractivity contribution is 7.09. The number of nitrogens with zero attached hydrogens (tertiary/aromatic N) is 2. The quantitative estimate of drug-likeness (QED) is 0.127. The third-order valence-corrected chi connectivity index (χ3v) is 5.77. The molecular formula is C26H24F2N2O2S. The Kier molecular flexibility index (Phi) is 7.93. The summed E-state index contributed by atoms with van der Waals surface area (Å²) in [6, 6.07) is 9.94. The fraction of sp³-hybridized carbons (Fsp3) is 0.192. The summed E-state index contributed by atoms with van der Waals surface area (Å²) < 4.78 is 39.0.